The lowest BCUT2D eigenvalue weighted by molar-refractivity contribution is 0.598. The number of aryl methyl sites for hydroxylation is 1. The first-order valence-electron chi connectivity index (χ1n) is 7.75. The van der Waals surface area contributed by atoms with Gasteiger partial charge in [-0.15, -0.1) is 0 Å². The fourth-order valence-electron chi connectivity index (χ4n) is 2.69. The standard InChI is InChI=1S/C17H18ClN3O2S2/c1-3-21-16-9-8-12(25(19,22)23)10-15(16)20-17(21)24-11(2)13-6-4-5-7-14(13)18/h4-11H,3H2,1-2H3,(H2,19,22,23)/t11-/m0/s1. The number of imidazole rings is 1. The molecule has 0 unspecified atom stereocenters. The van der Waals surface area contributed by atoms with Gasteiger partial charge in [-0.2, -0.15) is 0 Å². The van der Waals surface area contributed by atoms with Crippen LogP contribution in [0.15, 0.2) is 52.5 Å². The molecule has 3 rings (SSSR count). The van der Waals surface area contributed by atoms with Crippen molar-refractivity contribution in [2.75, 3.05) is 0 Å². The molecule has 0 aliphatic carbocycles. The first-order chi connectivity index (χ1) is 11.8. The van der Waals surface area contributed by atoms with E-state index in [1.54, 1.807) is 17.8 Å². The molecule has 0 saturated carbocycles. The highest BCUT2D eigenvalue weighted by Gasteiger charge is 2.18. The number of fused-ring (bicyclic) bond motifs is 1. The van der Waals surface area contributed by atoms with Crippen LogP contribution in [-0.4, -0.2) is 18.0 Å². The van der Waals surface area contributed by atoms with E-state index in [0.29, 0.717) is 5.52 Å². The highest BCUT2D eigenvalue weighted by molar-refractivity contribution is 7.99. The summed E-state index contributed by atoms with van der Waals surface area (Å²) in [6.45, 7) is 4.82. The van der Waals surface area contributed by atoms with Crippen LogP contribution in [0.1, 0.15) is 24.7 Å². The largest absolute Gasteiger partial charge is 0.319 e. The molecule has 0 aliphatic heterocycles. The van der Waals surface area contributed by atoms with E-state index in [9.17, 15) is 8.42 Å². The highest BCUT2D eigenvalue weighted by atomic mass is 35.5. The van der Waals surface area contributed by atoms with E-state index in [0.717, 1.165) is 27.8 Å². The summed E-state index contributed by atoms with van der Waals surface area (Å²) in [7, 11) is -3.75. The number of nitrogens with zero attached hydrogens (tertiary/aromatic N) is 2. The van der Waals surface area contributed by atoms with Crippen molar-refractivity contribution in [2.45, 2.75) is 35.7 Å². The number of rotatable bonds is 5. The predicted octanol–water partition coefficient (Wildman–Crippen LogP) is 4.21. The van der Waals surface area contributed by atoms with Crippen LogP contribution in [0.2, 0.25) is 5.02 Å². The summed E-state index contributed by atoms with van der Waals surface area (Å²) in [5, 5.41) is 6.86. The number of nitrogens with two attached hydrogens (primary N) is 1. The third kappa shape index (κ3) is 3.69. The number of benzene rings is 2. The molecule has 1 heterocycles. The normalized spacial score (nSPS) is 13.3. The zero-order valence-corrected chi connectivity index (χ0v) is 16.2. The van der Waals surface area contributed by atoms with E-state index < -0.39 is 10.0 Å². The average Bonchev–Trinajstić information content (AvgIpc) is 2.90. The van der Waals surface area contributed by atoms with Crippen molar-refractivity contribution in [2.24, 2.45) is 5.14 Å². The van der Waals surface area contributed by atoms with Crippen LogP contribution >= 0.6 is 23.4 Å². The molecule has 0 radical (unpaired) electrons. The molecule has 0 saturated heterocycles. The van der Waals surface area contributed by atoms with Crippen LogP contribution < -0.4 is 5.14 Å². The maximum atomic E-state index is 11.6. The third-order valence-corrected chi connectivity index (χ3v) is 6.34. The summed E-state index contributed by atoms with van der Waals surface area (Å²) in [6.07, 6.45) is 0. The molecule has 2 aromatic carbocycles. The fraction of sp³-hybridized carbons (Fsp3) is 0.235. The van der Waals surface area contributed by atoms with E-state index in [-0.39, 0.29) is 10.1 Å². The van der Waals surface area contributed by atoms with Crippen LogP contribution in [-0.2, 0) is 16.6 Å². The Hall–Kier alpha value is -1.54. The fourth-order valence-corrected chi connectivity index (χ4v) is 4.74. The zero-order chi connectivity index (χ0) is 18.2. The minimum Gasteiger partial charge on any atom is -0.319 e. The molecule has 1 aromatic heterocycles. The van der Waals surface area contributed by atoms with Gasteiger partial charge in [-0.3, -0.25) is 0 Å². The van der Waals surface area contributed by atoms with Crippen molar-refractivity contribution in [1.82, 2.24) is 9.55 Å². The average molecular weight is 396 g/mol. The van der Waals surface area contributed by atoms with E-state index in [1.165, 1.54) is 12.1 Å². The molecule has 0 spiro atoms. The Labute approximate surface area is 156 Å². The van der Waals surface area contributed by atoms with Crippen LogP contribution in [0.25, 0.3) is 11.0 Å². The van der Waals surface area contributed by atoms with E-state index >= 15 is 0 Å². The SMILES string of the molecule is CCn1c(S[C@@H](C)c2ccccc2Cl)nc2cc(S(N)(=O)=O)ccc21. The summed E-state index contributed by atoms with van der Waals surface area (Å²) >= 11 is 7.88. The Morgan fingerprint density at radius 3 is 2.64 bits per heavy atom. The van der Waals surface area contributed by atoms with Crippen molar-refractivity contribution in [3.05, 3.63) is 53.1 Å². The van der Waals surface area contributed by atoms with Crippen LogP contribution in [0.4, 0.5) is 0 Å². The van der Waals surface area contributed by atoms with Crippen molar-refractivity contribution < 1.29 is 8.42 Å². The summed E-state index contributed by atoms with van der Waals surface area (Å²) in [4.78, 5) is 4.68. The molecule has 3 aromatic rings. The van der Waals surface area contributed by atoms with Crippen molar-refractivity contribution in [3.63, 3.8) is 0 Å². The Balaban J connectivity index is 2.02. The van der Waals surface area contributed by atoms with Gasteiger partial charge in [-0.05, 0) is 43.7 Å². The second-order valence-electron chi connectivity index (χ2n) is 5.62. The summed E-state index contributed by atoms with van der Waals surface area (Å²) in [6, 6.07) is 12.5. The first-order valence-corrected chi connectivity index (χ1v) is 10.6. The molecule has 5 nitrogen and oxygen atoms in total. The van der Waals surface area contributed by atoms with Crippen molar-refractivity contribution in [1.29, 1.82) is 0 Å². The lowest BCUT2D eigenvalue weighted by Gasteiger charge is -2.13. The van der Waals surface area contributed by atoms with E-state index in [4.69, 9.17) is 16.7 Å². The van der Waals surface area contributed by atoms with Gasteiger partial charge in [0, 0.05) is 16.8 Å². The molecule has 0 amide bonds. The number of primary sulfonamides is 1. The van der Waals surface area contributed by atoms with E-state index in [2.05, 4.69) is 16.5 Å². The topological polar surface area (TPSA) is 78.0 Å². The number of hydrogen-bond acceptors (Lipinski definition) is 4. The maximum Gasteiger partial charge on any atom is 0.238 e. The number of halogens is 1. The lowest BCUT2D eigenvalue weighted by Crippen LogP contribution is -2.11. The van der Waals surface area contributed by atoms with E-state index in [1.807, 2.05) is 31.2 Å². The molecule has 1 atom stereocenters. The molecular weight excluding hydrogens is 378 g/mol. The molecule has 132 valence electrons. The van der Waals surface area contributed by atoms with Gasteiger partial charge in [-0.1, -0.05) is 41.6 Å². The van der Waals surface area contributed by atoms with Gasteiger partial charge < -0.3 is 4.57 Å². The molecule has 8 heteroatoms. The Bertz CT molecular complexity index is 1030. The van der Waals surface area contributed by atoms with Gasteiger partial charge in [0.25, 0.3) is 0 Å². The number of aromatic nitrogens is 2. The van der Waals surface area contributed by atoms with Gasteiger partial charge in [0.05, 0.1) is 15.9 Å². The summed E-state index contributed by atoms with van der Waals surface area (Å²) < 4.78 is 25.2. The van der Waals surface area contributed by atoms with Gasteiger partial charge in [-0.25, -0.2) is 18.5 Å². The smallest absolute Gasteiger partial charge is 0.238 e. The van der Waals surface area contributed by atoms with Gasteiger partial charge >= 0.3 is 0 Å². The second kappa shape index (κ2) is 6.99. The molecule has 0 fully saturated rings. The molecule has 2 N–H and O–H groups in total. The zero-order valence-electron chi connectivity index (χ0n) is 13.8. The van der Waals surface area contributed by atoms with Crippen LogP contribution in [0, 0.1) is 0 Å². The van der Waals surface area contributed by atoms with Crippen LogP contribution in [0.5, 0.6) is 0 Å². The minimum absolute atomic E-state index is 0.0662. The number of sulfonamides is 1. The van der Waals surface area contributed by atoms with Crippen molar-refractivity contribution in [3.8, 4) is 0 Å². The quantitative estimate of drug-likeness (QED) is 0.656. The van der Waals surface area contributed by atoms with Crippen molar-refractivity contribution >= 4 is 44.4 Å². The molecule has 25 heavy (non-hydrogen) atoms. The second-order valence-corrected chi connectivity index (χ2v) is 8.89. The van der Waals surface area contributed by atoms with Gasteiger partial charge in [0.2, 0.25) is 10.0 Å². The monoisotopic (exact) mass is 395 g/mol. The third-order valence-electron chi connectivity index (χ3n) is 3.95. The Morgan fingerprint density at radius 2 is 2.00 bits per heavy atom. The number of hydrogen-bond donors (Lipinski definition) is 1. The Kier molecular flexibility index (Phi) is 5.11. The molecule has 0 aliphatic rings. The molecular formula is C17H18ClN3O2S2. The lowest BCUT2D eigenvalue weighted by atomic mass is 10.2. The van der Waals surface area contributed by atoms with Crippen LogP contribution in [0.3, 0.4) is 0 Å². The predicted molar refractivity (Wildman–Crippen MR) is 103 cm³/mol. The van der Waals surface area contributed by atoms with Gasteiger partial charge in [0.1, 0.15) is 0 Å². The first kappa shape index (κ1) is 18.3. The minimum atomic E-state index is -3.75. The Morgan fingerprint density at radius 1 is 1.28 bits per heavy atom. The highest BCUT2D eigenvalue weighted by Crippen LogP contribution is 2.38. The summed E-state index contributed by atoms with van der Waals surface area (Å²) in [5.74, 6) is 0. The number of thioether (sulfide) groups is 1. The molecule has 0 bridgehead atoms. The summed E-state index contributed by atoms with van der Waals surface area (Å²) in [5.41, 5.74) is 2.53. The maximum absolute atomic E-state index is 11.6. The van der Waals surface area contributed by atoms with Gasteiger partial charge in [0.15, 0.2) is 5.16 Å².